The smallest absolute Gasteiger partial charge is 0.388 e. The molecule has 0 radical (unpaired) electrons. The fourth-order valence-electron chi connectivity index (χ4n) is 3.84. The predicted octanol–water partition coefficient (Wildman–Crippen LogP) is 3.45. The van der Waals surface area contributed by atoms with Crippen LogP contribution in [0.5, 0.6) is 0 Å². The van der Waals surface area contributed by atoms with E-state index in [2.05, 4.69) is 0 Å². The lowest BCUT2D eigenvalue weighted by Crippen LogP contribution is -2.40. The summed E-state index contributed by atoms with van der Waals surface area (Å²) in [5, 5.41) is 9.19. The van der Waals surface area contributed by atoms with Gasteiger partial charge < -0.3 is 5.11 Å². The van der Waals surface area contributed by atoms with Crippen molar-refractivity contribution in [3.8, 4) is 0 Å². The summed E-state index contributed by atoms with van der Waals surface area (Å²) in [6.45, 7) is -1.15. The summed E-state index contributed by atoms with van der Waals surface area (Å²) in [7, 11) is 0. The number of Topliss-reactive ketones (excluding diaryl/α,β-unsaturated/α-hetero) is 1. The maximum atomic E-state index is 13.5. The molecule has 3 aromatic carbocycles. The minimum Gasteiger partial charge on any atom is -0.388 e. The van der Waals surface area contributed by atoms with Crippen LogP contribution in [0.3, 0.4) is 0 Å². The summed E-state index contributed by atoms with van der Waals surface area (Å²) >= 11 is 0. The predicted molar refractivity (Wildman–Crippen MR) is 120 cm³/mol. The van der Waals surface area contributed by atoms with E-state index in [1.807, 2.05) is 0 Å². The average molecular weight is 468 g/mol. The van der Waals surface area contributed by atoms with Crippen molar-refractivity contribution in [1.29, 1.82) is 0 Å². The molecule has 4 rings (SSSR count). The molecule has 0 fully saturated rings. The van der Waals surface area contributed by atoms with Crippen molar-refractivity contribution in [2.75, 3.05) is 6.61 Å². The van der Waals surface area contributed by atoms with E-state index >= 15 is 0 Å². The van der Waals surface area contributed by atoms with E-state index < -0.39 is 41.9 Å². The number of aromatic nitrogens is 2. The SMILES string of the molecule is O=C(CO)c1ccc(Cn2c(=O)n(Cc3ccccc3C(F)(F)F)c(=O)c3ccccc32)cc1. The first-order chi connectivity index (χ1) is 16.2. The first-order valence-electron chi connectivity index (χ1n) is 10.3. The summed E-state index contributed by atoms with van der Waals surface area (Å²) in [4.78, 5) is 38.1. The molecule has 9 heteroatoms. The summed E-state index contributed by atoms with van der Waals surface area (Å²) in [5.41, 5.74) is -1.27. The number of para-hydroxylation sites is 1. The molecule has 0 amide bonds. The second-order valence-electron chi connectivity index (χ2n) is 7.71. The highest BCUT2D eigenvalue weighted by Crippen LogP contribution is 2.32. The van der Waals surface area contributed by atoms with Crippen LogP contribution in [-0.4, -0.2) is 26.6 Å². The van der Waals surface area contributed by atoms with Gasteiger partial charge in [-0.25, -0.2) is 4.79 Å². The van der Waals surface area contributed by atoms with Gasteiger partial charge in [0.1, 0.15) is 6.61 Å². The Morgan fingerprint density at radius 3 is 2.15 bits per heavy atom. The first kappa shape index (κ1) is 23.2. The van der Waals surface area contributed by atoms with Crippen LogP contribution < -0.4 is 11.2 Å². The standard InChI is InChI=1S/C25H19F3N2O4/c26-25(27,28)20-7-3-1-5-18(20)14-30-23(33)19-6-2-4-8-21(19)29(24(30)34)13-16-9-11-17(12-10-16)22(32)15-31/h1-12,31H,13-15H2. The highest BCUT2D eigenvalue weighted by atomic mass is 19.4. The van der Waals surface area contributed by atoms with Crippen LogP contribution in [0.4, 0.5) is 13.2 Å². The van der Waals surface area contributed by atoms with Crippen molar-refractivity contribution in [2.45, 2.75) is 19.3 Å². The molecule has 1 N–H and O–H groups in total. The van der Waals surface area contributed by atoms with Crippen molar-refractivity contribution in [2.24, 2.45) is 0 Å². The maximum Gasteiger partial charge on any atom is 0.416 e. The van der Waals surface area contributed by atoms with E-state index in [1.54, 1.807) is 30.3 Å². The van der Waals surface area contributed by atoms with Crippen LogP contribution in [0.15, 0.2) is 82.4 Å². The monoisotopic (exact) mass is 468 g/mol. The number of benzene rings is 3. The fraction of sp³-hybridized carbons (Fsp3) is 0.160. The van der Waals surface area contributed by atoms with Gasteiger partial charge in [0.15, 0.2) is 5.78 Å². The molecule has 0 atom stereocenters. The Balaban J connectivity index is 1.84. The number of ketones is 1. The molecular weight excluding hydrogens is 449 g/mol. The molecule has 0 aliphatic heterocycles. The Bertz CT molecular complexity index is 1490. The molecule has 174 valence electrons. The van der Waals surface area contributed by atoms with E-state index in [1.165, 1.54) is 41.0 Å². The quantitative estimate of drug-likeness (QED) is 0.440. The molecule has 34 heavy (non-hydrogen) atoms. The molecule has 1 aromatic heterocycles. The molecule has 0 bridgehead atoms. The lowest BCUT2D eigenvalue weighted by atomic mass is 10.1. The van der Waals surface area contributed by atoms with Gasteiger partial charge in [-0.2, -0.15) is 13.2 Å². The number of alkyl halides is 3. The third kappa shape index (κ3) is 4.42. The number of aliphatic hydroxyl groups excluding tert-OH is 1. The Hall–Kier alpha value is -3.98. The number of aliphatic hydroxyl groups is 1. The fourth-order valence-corrected chi connectivity index (χ4v) is 3.84. The molecule has 0 unspecified atom stereocenters. The number of fused-ring (bicyclic) bond motifs is 1. The van der Waals surface area contributed by atoms with Gasteiger partial charge in [0.05, 0.1) is 29.6 Å². The van der Waals surface area contributed by atoms with E-state index in [0.29, 0.717) is 16.6 Å². The van der Waals surface area contributed by atoms with Crippen LogP contribution in [0.25, 0.3) is 10.9 Å². The Kier molecular flexibility index (Phi) is 6.21. The van der Waals surface area contributed by atoms with Gasteiger partial charge in [-0.3, -0.25) is 18.7 Å². The van der Waals surface area contributed by atoms with Crippen molar-refractivity contribution in [1.82, 2.24) is 9.13 Å². The van der Waals surface area contributed by atoms with Crippen LogP contribution in [-0.2, 0) is 19.3 Å². The van der Waals surface area contributed by atoms with E-state index in [9.17, 15) is 27.6 Å². The number of carbonyl (C=O) groups excluding carboxylic acids is 1. The summed E-state index contributed by atoms with van der Waals surface area (Å²) in [5.74, 6) is -0.453. The number of rotatable bonds is 6. The minimum atomic E-state index is -4.64. The van der Waals surface area contributed by atoms with E-state index in [4.69, 9.17) is 5.11 Å². The van der Waals surface area contributed by atoms with E-state index in [0.717, 1.165) is 10.6 Å². The zero-order chi connectivity index (χ0) is 24.5. The van der Waals surface area contributed by atoms with Gasteiger partial charge >= 0.3 is 11.9 Å². The molecule has 0 saturated heterocycles. The lowest BCUT2D eigenvalue weighted by molar-refractivity contribution is -0.138. The zero-order valence-corrected chi connectivity index (χ0v) is 17.7. The first-order valence-corrected chi connectivity index (χ1v) is 10.3. The number of hydrogen-bond acceptors (Lipinski definition) is 4. The molecular formula is C25H19F3N2O4. The van der Waals surface area contributed by atoms with E-state index in [-0.39, 0.29) is 17.5 Å². The average Bonchev–Trinajstić information content (AvgIpc) is 2.84. The second kappa shape index (κ2) is 9.11. The summed E-state index contributed by atoms with van der Waals surface area (Å²) in [6, 6.07) is 17.4. The van der Waals surface area contributed by atoms with Crippen molar-refractivity contribution < 1.29 is 23.1 Å². The number of nitrogens with zero attached hydrogens (tertiary/aromatic N) is 2. The minimum absolute atomic E-state index is 0.0220. The largest absolute Gasteiger partial charge is 0.416 e. The maximum absolute atomic E-state index is 13.5. The molecule has 0 spiro atoms. The number of halogens is 3. The van der Waals surface area contributed by atoms with Gasteiger partial charge in [0.2, 0.25) is 0 Å². The highest BCUT2D eigenvalue weighted by Gasteiger charge is 2.33. The Morgan fingerprint density at radius 1 is 0.824 bits per heavy atom. The van der Waals surface area contributed by atoms with Crippen LogP contribution in [0.2, 0.25) is 0 Å². The highest BCUT2D eigenvalue weighted by molar-refractivity contribution is 5.96. The van der Waals surface area contributed by atoms with Crippen LogP contribution in [0, 0.1) is 0 Å². The van der Waals surface area contributed by atoms with Crippen molar-refractivity contribution >= 4 is 16.7 Å². The normalized spacial score (nSPS) is 11.6. The van der Waals surface area contributed by atoms with Crippen molar-refractivity contribution in [3.05, 3.63) is 116 Å². The molecule has 6 nitrogen and oxygen atoms in total. The van der Waals surface area contributed by atoms with Gasteiger partial charge in [0, 0.05) is 5.56 Å². The van der Waals surface area contributed by atoms with Crippen molar-refractivity contribution in [3.63, 3.8) is 0 Å². The molecule has 1 heterocycles. The zero-order valence-electron chi connectivity index (χ0n) is 17.7. The topological polar surface area (TPSA) is 81.3 Å². The Labute approximate surface area is 191 Å². The summed E-state index contributed by atoms with van der Waals surface area (Å²) in [6.07, 6.45) is -4.64. The van der Waals surface area contributed by atoms with Gasteiger partial charge in [-0.15, -0.1) is 0 Å². The molecule has 4 aromatic rings. The number of hydrogen-bond donors (Lipinski definition) is 1. The third-order valence-corrected chi connectivity index (χ3v) is 5.54. The third-order valence-electron chi connectivity index (χ3n) is 5.54. The lowest BCUT2D eigenvalue weighted by Gasteiger charge is -2.17. The van der Waals surface area contributed by atoms with Crippen LogP contribution >= 0.6 is 0 Å². The summed E-state index contributed by atoms with van der Waals surface area (Å²) < 4.78 is 42.5. The molecule has 0 saturated carbocycles. The molecule has 0 aliphatic carbocycles. The Morgan fingerprint density at radius 2 is 1.47 bits per heavy atom. The van der Waals surface area contributed by atoms with Gasteiger partial charge in [0.25, 0.3) is 5.56 Å². The number of carbonyl (C=O) groups is 1. The van der Waals surface area contributed by atoms with Gasteiger partial charge in [-0.05, 0) is 29.3 Å². The second-order valence-corrected chi connectivity index (χ2v) is 7.71. The van der Waals surface area contributed by atoms with Crippen LogP contribution in [0.1, 0.15) is 27.0 Å². The molecule has 0 aliphatic rings. The van der Waals surface area contributed by atoms with Gasteiger partial charge in [-0.1, -0.05) is 54.6 Å².